The van der Waals surface area contributed by atoms with Crippen molar-refractivity contribution in [2.45, 2.75) is 11.6 Å². The van der Waals surface area contributed by atoms with Crippen LogP contribution in [0, 0.1) is 0 Å². The largest absolute Gasteiger partial charge is 0.316 e. The third-order valence-corrected chi connectivity index (χ3v) is 4.75. The summed E-state index contributed by atoms with van der Waals surface area (Å²) in [5.41, 5.74) is 1.10. The molecule has 2 rings (SSSR count). The van der Waals surface area contributed by atoms with Crippen molar-refractivity contribution < 1.29 is 8.42 Å². The Morgan fingerprint density at radius 1 is 1.19 bits per heavy atom. The van der Waals surface area contributed by atoms with Crippen LogP contribution >= 0.6 is 23.2 Å². The van der Waals surface area contributed by atoms with Crippen LogP contribution in [0.3, 0.4) is 0 Å². The van der Waals surface area contributed by atoms with Gasteiger partial charge in [-0.2, -0.15) is 8.42 Å². The molecule has 8 heteroatoms. The van der Waals surface area contributed by atoms with Crippen LogP contribution in [0.1, 0.15) is 5.56 Å². The third kappa shape index (κ3) is 3.85. The molecule has 0 aliphatic heterocycles. The van der Waals surface area contributed by atoms with Gasteiger partial charge in [-0.15, -0.1) is 0 Å². The lowest BCUT2D eigenvalue weighted by molar-refractivity contribution is 0.597. The van der Waals surface area contributed by atoms with Gasteiger partial charge in [-0.25, -0.2) is 4.98 Å². The Kier molecular flexibility index (Phi) is 5.05. The van der Waals surface area contributed by atoms with Gasteiger partial charge in [0.05, 0.1) is 15.7 Å². The highest BCUT2D eigenvalue weighted by atomic mass is 35.5. The van der Waals surface area contributed by atoms with Crippen LogP contribution < -0.4 is 10.0 Å². The zero-order valence-corrected chi connectivity index (χ0v) is 13.4. The summed E-state index contributed by atoms with van der Waals surface area (Å²) in [6.45, 7) is 0.612. The SMILES string of the molecule is CNCc1ccc(S(=O)(=O)Nc2cccc(Cl)c2Cl)nc1. The zero-order chi connectivity index (χ0) is 15.5. The van der Waals surface area contributed by atoms with E-state index in [-0.39, 0.29) is 20.8 Å². The van der Waals surface area contributed by atoms with E-state index < -0.39 is 10.0 Å². The van der Waals surface area contributed by atoms with Crippen LogP contribution in [-0.2, 0) is 16.6 Å². The number of hydrogen-bond acceptors (Lipinski definition) is 4. The van der Waals surface area contributed by atoms with Crippen molar-refractivity contribution in [1.29, 1.82) is 0 Å². The molecule has 1 aromatic heterocycles. The molecule has 0 bridgehead atoms. The summed E-state index contributed by atoms with van der Waals surface area (Å²) in [5, 5.41) is 3.29. The molecule has 0 saturated heterocycles. The fraction of sp³-hybridized carbons (Fsp3) is 0.154. The molecule has 0 saturated carbocycles. The van der Waals surface area contributed by atoms with Crippen LogP contribution in [0.25, 0.3) is 0 Å². The Morgan fingerprint density at radius 3 is 2.57 bits per heavy atom. The van der Waals surface area contributed by atoms with Gasteiger partial charge in [0, 0.05) is 12.7 Å². The van der Waals surface area contributed by atoms with Gasteiger partial charge in [0.2, 0.25) is 0 Å². The van der Waals surface area contributed by atoms with Gasteiger partial charge in [-0.05, 0) is 30.8 Å². The summed E-state index contributed by atoms with van der Waals surface area (Å²) in [7, 11) is -2.01. The second-order valence-electron chi connectivity index (χ2n) is 4.24. The Bertz CT molecular complexity index is 734. The van der Waals surface area contributed by atoms with Crippen LogP contribution in [0.2, 0.25) is 10.0 Å². The van der Waals surface area contributed by atoms with E-state index >= 15 is 0 Å². The van der Waals surface area contributed by atoms with E-state index in [1.54, 1.807) is 25.2 Å². The van der Waals surface area contributed by atoms with E-state index in [4.69, 9.17) is 23.2 Å². The first-order valence-corrected chi connectivity index (χ1v) is 8.24. The number of rotatable bonds is 5. The summed E-state index contributed by atoms with van der Waals surface area (Å²) in [6, 6.07) is 7.84. The number of anilines is 1. The molecule has 2 N–H and O–H groups in total. The average Bonchev–Trinajstić information content (AvgIpc) is 2.45. The second-order valence-corrected chi connectivity index (χ2v) is 6.66. The van der Waals surface area contributed by atoms with Gasteiger partial charge in [0.15, 0.2) is 5.03 Å². The maximum absolute atomic E-state index is 12.2. The number of aromatic nitrogens is 1. The summed E-state index contributed by atoms with van der Waals surface area (Å²) < 4.78 is 26.9. The maximum Gasteiger partial charge on any atom is 0.279 e. The molecule has 2 aromatic rings. The molecule has 0 atom stereocenters. The van der Waals surface area contributed by atoms with Crippen LogP contribution in [0.15, 0.2) is 41.6 Å². The molecule has 0 fully saturated rings. The zero-order valence-electron chi connectivity index (χ0n) is 11.1. The smallest absolute Gasteiger partial charge is 0.279 e. The number of nitrogens with zero attached hydrogens (tertiary/aromatic N) is 1. The summed E-state index contributed by atoms with van der Waals surface area (Å²) in [5.74, 6) is 0. The topological polar surface area (TPSA) is 71.1 Å². The van der Waals surface area contributed by atoms with E-state index in [9.17, 15) is 8.42 Å². The number of sulfonamides is 1. The van der Waals surface area contributed by atoms with Crippen LogP contribution in [0.4, 0.5) is 5.69 Å². The lowest BCUT2D eigenvalue weighted by atomic mass is 10.3. The molecular weight excluding hydrogens is 333 g/mol. The first-order valence-electron chi connectivity index (χ1n) is 6.00. The van der Waals surface area contributed by atoms with Crippen molar-refractivity contribution in [3.63, 3.8) is 0 Å². The Labute approximate surface area is 133 Å². The van der Waals surface area contributed by atoms with E-state index in [0.29, 0.717) is 6.54 Å². The van der Waals surface area contributed by atoms with Crippen molar-refractivity contribution in [2.75, 3.05) is 11.8 Å². The van der Waals surface area contributed by atoms with E-state index in [1.807, 2.05) is 0 Å². The van der Waals surface area contributed by atoms with Crippen molar-refractivity contribution in [1.82, 2.24) is 10.3 Å². The van der Waals surface area contributed by atoms with Crippen LogP contribution in [0.5, 0.6) is 0 Å². The molecule has 1 heterocycles. The first kappa shape index (κ1) is 16.0. The molecule has 21 heavy (non-hydrogen) atoms. The monoisotopic (exact) mass is 345 g/mol. The molecule has 0 aliphatic rings. The Morgan fingerprint density at radius 2 is 1.95 bits per heavy atom. The highest BCUT2D eigenvalue weighted by Crippen LogP contribution is 2.30. The van der Waals surface area contributed by atoms with Crippen LogP contribution in [-0.4, -0.2) is 20.4 Å². The van der Waals surface area contributed by atoms with Crippen molar-refractivity contribution in [3.8, 4) is 0 Å². The number of halogens is 2. The molecule has 0 aliphatic carbocycles. The lowest BCUT2D eigenvalue weighted by Crippen LogP contribution is -2.15. The molecule has 1 aromatic carbocycles. The van der Waals surface area contributed by atoms with E-state index in [1.165, 1.54) is 18.3 Å². The molecule has 112 valence electrons. The fourth-order valence-electron chi connectivity index (χ4n) is 1.66. The minimum Gasteiger partial charge on any atom is -0.316 e. The molecular formula is C13H13Cl2N3O2S. The predicted octanol–water partition coefficient (Wildman–Crippen LogP) is 2.91. The molecule has 0 spiro atoms. The van der Waals surface area contributed by atoms with Gasteiger partial charge >= 0.3 is 0 Å². The summed E-state index contributed by atoms with van der Waals surface area (Å²) in [4.78, 5) is 3.95. The molecule has 0 unspecified atom stereocenters. The lowest BCUT2D eigenvalue weighted by Gasteiger charge is -2.10. The fourth-order valence-corrected chi connectivity index (χ4v) is 3.06. The number of benzene rings is 1. The van der Waals surface area contributed by atoms with Gasteiger partial charge in [0.25, 0.3) is 10.0 Å². The minimum absolute atomic E-state index is 0.0848. The van der Waals surface area contributed by atoms with Gasteiger partial charge in [0.1, 0.15) is 0 Å². The first-order chi connectivity index (χ1) is 9.94. The minimum atomic E-state index is -3.81. The van der Waals surface area contributed by atoms with Gasteiger partial charge in [-0.3, -0.25) is 4.72 Å². The maximum atomic E-state index is 12.2. The normalized spacial score (nSPS) is 11.4. The van der Waals surface area contributed by atoms with Gasteiger partial charge in [-0.1, -0.05) is 35.3 Å². The van der Waals surface area contributed by atoms with E-state index in [2.05, 4.69) is 15.0 Å². The van der Waals surface area contributed by atoms with Crippen molar-refractivity contribution >= 4 is 38.9 Å². The number of pyridine rings is 1. The standard InChI is InChI=1S/C13H13Cl2N3O2S/c1-16-7-9-5-6-12(17-8-9)21(19,20)18-11-4-2-3-10(14)13(11)15/h2-6,8,16,18H,7H2,1H3. The Balaban J connectivity index is 2.27. The summed E-state index contributed by atoms with van der Waals surface area (Å²) >= 11 is 11.8. The highest BCUT2D eigenvalue weighted by Gasteiger charge is 2.17. The number of hydrogen-bond donors (Lipinski definition) is 2. The number of nitrogens with one attached hydrogen (secondary N) is 2. The molecule has 5 nitrogen and oxygen atoms in total. The summed E-state index contributed by atoms with van der Waals surface area (Å²) in [6.07, 6.45) is 1.50. The molecule has 0 radical (unpaired) electrons. The van der Waals surface area contributed by atoms with Crippen molar-refractivity contribution in [3.05, 3.63) is 52.1 Å². The third-order valence-electron chi connectivity index (χ3n) is 2.65. The van der Waals surface area contributed by atoms with Crippen molar-refractivity contribution in [2.24, 2.45) is 0 Å². The molecule has 0 amide bonds. The van der Waals surface area contributed by atoms with E-state index in [0.717, 1.165) is 5.56 Å². The average molecular weight is 346 g/mol. The second kappa shape index (κ2) is 6.62. The quantitative estimate of drug-likeness (QED) is 0.873. The highest BCUT2D eigenvalue weighted by molar-refractivity contribution is 7.92. The van der Waals surface area contributed by atoms with Gasteiger partial charge < -0.3 is 5.32 Å². The Hall–Kier alpha value is -1.34. The predicted molar refractivity (Wildman–Crippen MR) is 84.3 cm³/mol.